The molecule has 1 atom stereocenters. The second-order valence-electron chi connectivity index (χ2n) is 5.68. The van der Waals surface area contributed by atoms with Gasteiger partial charge in [-0.3, -0.25) is 4.90 Å². The highest BCUT2D eigenvalue weighted by atomic mass is 32.2. The van der Waals surface area contributed by atoms with Crippen molar-refractivity contribution in [2.75, 3.05) is 18.6 Å². The summed E-state index contributed by atoms with van der Waals surface area (Å²) in [6.45, 7) is 4.91. The molecule has 1 aliphatic rings. The van der Waals surface area contributed by atoms with Gasteiger partial charge >= 0.3 is 0 Å². The SMILES string of the molecule is Cc1ccc(CN(C)[C@@]2(C)CCS(=O)(=O)C2)cc1. The van der Waals surface area contributed by atoms with E-state index in [4.69, 9.17) is 0 Å². The smallest absolute Gasteiger partial charge is 0.152 e. The van der Waals surface area contributed by atoms with Crippen molar-refractivity contribution in [1.82, 2.24) is 4.90 Å². The van der Waals surface area contributed by atoms with Gasteiger partial charge in [0.15, 0.2) is 9.84 Å². The first-order valence-corrected chi connectivity index (χ1v) is 8.10. The molecular weight excluding hydrogens is 246 g/mol. The molecule has 0 radical (unpaired) electrons. The Kier molecular flexibility index (Phi) is 3.52. The fourth-order valence-corrected chi connectivity index (χ4v) is 4.66. The predicted molar refractivity (Wildman–Crippen MR) is 74.3 cm³/mol. The molecule has 0 N–H and O–H groups in total. The number of hydrogen-bond donors (Lipinski definition) is 0. The van der Waals surface area contributed by atoms with Crippen LogP contribution in [0.25, 0.3) is 0 Å². The summed E-state index contributed by atoms with van der Waals surface area (Å²) in [6.07, 6.45) is 0.734. The highest BCUT2D eigenvalue weighted by Crippen LogP contribution is 2.29. The Labute approximate surface area is 110 Å². The third-order valence-electron chi connectivity index (χ3n) is 3.94. The number of sulfone groups is 1. The number of aryl methyl sites for hydroxylation is 1. The highest BCUT2D eigenvalue weighted by Gasteiger charge is 2.41. The zero-order valence-electron chi connectivity index (χ0n) is 11.3. The average molecular weight is 267 g/mol. The zero-order valence-corrected chi connectivity index (χ0v) is 12.1. The molecule has 1 aromatic rings. The Bertz CT molecular complexity index is 521. The Hall–Kier alpha value is -0.870. The topological polar surface area (TPSA) is 37.4 Å². The van der Waals surface area contributed by atoms with Crippen molar-refractivity contribution in [3.63, 3.8) is 0 Å². The summed E-state index contributed by atoms with van der Waals surface area (Å²) in [4.78, 5) is 2.17. The quantitative estimate of drug-likeness (QED) is 0.840. The normalized spacial score (nSPS) is 26.7. The maximum Gasteiger partial charge on any atom is 0.152 e. The minimum absolute atomic E-state index is 0.219. The first-order valence-electron chi connectivity index (χ1n) is 6.28. The second kappa shape index (κ2) is 4.67. The molecule has 1 aliphatic heterocycles. The molecule has 3 nitrogen and oxygen atoms in total. The van der Waals surface area contributed by atoms with Gasteiger partial charge in [0.25, 0.3) is 0 Å². The van der Waals surface area contributed by atoms with Crippen LogP contribution in [0.1, 0.15) is 24.5 Å². The van der Waals surface area contributed by atoms with Gasteiger partial charge in [-0.05, 0) is 32.9 Å². The first-order chi connectivity index (χ1) is 8.31. The Morgan fingerprint density at radius 2 is 1.89 bits per heavy atom. The summed E-state index contributed by atoms with van der Waals surface area (Å²) in [5.41, 5.74) is 2.26. The maximum absolute atomic E-state index is 11.6. The molecule has 1 heterocycles. The Morgan fingerprint density at radius 1 is 1.28 bits per heavy atom. The molecule has 0 bridgehead atoms. The van der Waals surface area contributed by atoms with E-state index in [1.54, 1.807) is 0 Å². The van der Waals surface area contributed by atoms with Gasteiger partial charge in [-0.15, -0.1) is 0 Å². The van der Waals surface area contributed by atoms with Gasteiger partial charge in [0, 0.05) is 12.1 Å². The van der Waals surface area contributed by atoms with Gasteiger partial charge in [0.2, 0.25) is 0 Å². The Morgan fingerprint density at radius 3 is 2.39 bits per heavy atom. The van der Waals surface area contributed by atoms with Gasteiger partial charge in [0.05, 0.1) is 11.5 Å². The van der Waals surface area contributed by atoms with Gasteiger partial charge in [-0.2, -0.15) is 0 Å². The fourth-order valence-electron chi connectivity index (χ4n) is 2.45. The van der Waals surface area contributed by atoms with E-state index in [0.717, 1.165) is 13.0 Å². The predicted octanol–water partition coefficient (Wildman–Crippen LogP) is 2.00. The molecule has 0 saturated carbocycles. The second-order valence-corrected chi connectivity index (χ2v) is 7.86. The number of benzene rings is 1. The van der Waals surface area contributed by atoms with Crippen LogP contribution < -0.4 is 0 Å². The van der Waals surface area contributed by atoms with E-state index >= 15 is 0 Å². The van der Waals surface area contributed by atoms with Crippen molar-refractivity contribution >= 4 is 9.84 Å². The lowest BCUT2D eigenvalue weighted by Crippen LogP contribution is -2.44. The fraction of sp³-hybridized carbons (Fsp3) is 0.571. The molecule has 18 heavy (non-hydrogen) atoms. The van der Waals surface area contributed by atoms with Crippen LogP contribution in [0, 0.1) is 6.92 Å². The minimum atomic E-state index is -2.84. The summed E-state index contributed by atoms with van der Waals surface area (Å²) >= 11 is 0. The summed E-state index contributed by atoms with van der Waals surface area (Å²) in [5, 5.41) is 0. The summed E-state index contributed by atoms with van der Waals surface area (Å²) in [7, 11) is -0.825. The molecule has 2 rings (SSSR count). The molecule has 4 heteroatoms. The number of rotatable bonds is 3. The van der Waals surface area contributed by atoms with Gasteiger partial charge < -0.3 is 0 Å². The van der Waals surface area contributed by atoms with Crippen molar-refractivity contribution in [2.45, 2.75) is 32.4 Å². The van der Waals surface area contributed by atoms with Crippen molar-refractivity contribution < 1.29 is 8.42 Å². The van der Waals surface area contributed by atoms with E-state index in [0.29, 0.717) is 5.75 Å². The molecule has 100 valence electrons. The zero-order chi connectivity index (χ0) is 13.4. The molecule has 1 aromatic carbocycles. The third kappa shape index (κ3) is 2.93. The number of nitrogens with zero attached hydrogens (tertiary/aromatic N) is 1. The highest BCUT2D eigenvalue weighted by molar-refractivity contribution is 7.91. The molecule has 1 fully saturated rings. The van der Waals surface area contributed by atoms with E-state index < -0.39 is 9.84 Å². The van der Waals surface area contributed by atoms with Crippen LogP contribution in [0.2, 0.25) is 0 Å². The van der Waals surface area contributed by atoms with Crippen LogP contribution in [-0.2, 0) is 16.4 Å². The standard InChI is InChI=1S/C14H21NO2S/c1-12-4-6-13(7-5-12)10-15(3)14(2)8-9-18(16,17)11-14/h4-7H,8-11H2,1-3H3/t14-/m0/s1. The van der Waals surface area contributed by atoms with Gasteiger partial charge in [0.1, 0.15) is 0 Å². The Balaban J connectivity index is 2.08. The first kappa shape index (κ1) is 13.6. The van der Waals surface area contributed by atoms with Gasteiger partial charge in [-0.1, -0.05) is 29.8 Å². The van der Waals surface area contributed by atoms with Crippen LogP contribution in [0.4, 0.5) is 0 Å². The largest absolute Gasteiger partial charge is 0.296 e. The summed E-state index contributed by atoms with van der Waals surface area (Å²) < 4.78 is 23.2. The van der Waals surface area contributed by atoms with E-state index in [2.05, 4.69) is 36.1 Å². The molecule has 0 amide bonds. The monoisotopic (exact) mass is 267 g/mol. The van der Waals surface area contributed by atoms with Crippen molar-refractivity contribution in [3.8, 4) is 0 Å². The molecular formula is C14H21NO2S. The van der Waals surface area contributed by atoms with Crippen LogP contribution in [0.15, 0.2) is 24.3 Å². The van der Waals surface area contributed by atoms with Crippen molar-refractivity contribution in [3.05, 3.63) is 35.4 Å². The van der Waals surface area contributed by atoms with Crippen LogP contribution in [0.3, 0.4) is 0 Å². The average Bonchev–Trinajstić information content (AvgIpc) is 2.58. The lowest BCUT2D eigenvalue weighted by atomic mass is 9.99. The minimum Gasteiger partial charge on any atom is -0.296 e. The lowest BCUT2D eigenvalue weighted by Gasteiger charge is -2.34. The van der Waals surface area contributed by atoms with Crippen molar-refractivity contribution in [1.29, 1.82) is 0 Å². The molecule has 0 unspecified atom stereocenters. The van der Waals surface area contributed by atoms with Crippen LogP contribution in [-0.4, -0.2) is 37.4 Å². The van der Waals surface area contributed by atoms with Crippen LogP contribution >= 0.6 is 0 Å². The summed E-state index contributed by atoms with van der Waals surface area (Å²) in [5.74, 6) is 0.601. The third-order valence-corrected chi connectivity index (χ3v) is 5.83. The molecule has 0 spiro atoms. The van der Waals surface area contributed by atoms with Gasteiger partial charge in [-0.25, -0.2) is 8.42 Å². The summed E-state index contributed by atoms with van der Waals surface area (Å²) in [6, 6.07) is 8.41. The lowest BCUT2D eigenvalue weighted by molar-refractivity contribution is 0.154. The molecule has 0 aromatic heterocycles. The van der Waals surface area contributed by atoms with E-state index in [9.17, 15) is 8.42 Å². The molecule has 0 aliphatic carbocycles. The maximum atomic E-state index is 11.6. The van der Waals surface area contributed by atoms with E-state index in [1.807, 2.05) is 14.0 Å². The van der Waals surface area contributed by atoms with Crippen molar-refractivity contribution in [2.24, 2.45) is 0 Å². The number of hydrogen-bond acceptors (Lipinski definition) is 3. The van der Waals surface area contributed by atoms with E-state index in [-0.39, 0.29) is 11.3 Å². The van der Waals surface area contributed by atoms with E-state index in [1.165, 1.54) is 11.1 Å². The van der Waals surface area contributed by atoms with Crippen LogP contribution in [0.5, 0.6) is 0 Å². The molecule has 1 saturated heterocycles.